The molecule has 0 aliphatic carbocycles. The number of rotatable bonds is 3. The normalized spacial score (nSPS) is 13.9. The van der Waals surface area contributed by atoms with Crippen LogP contribution in [0.2, 0.25) is 0 Å². The largest absolute Gasteiger partial charge is 0.465 e. The average molecular weight is 263 g/mol. The number of alkyl halides is 2. The monoisotopic (exact) mass is 262 g/mol. The number of carbonyl (C=O) groups is 2. The van der Waals surface area contributed by atoms with Crippen molar-refractivity contribution in [3.05, 3.63) is 35.9 Å². The van der Waals surface area contributed by atoms with Gasteiger partial charge in [0.25, 0.3) is 0 Å². The first-order chi connectivity index (χ1) is 7.47. The molecule has 0 radical (unpaired) electrons. The highest BCUT2D eigenvalue weighted by molar-refractivity contribution is 8.16. The number of halogens is 2. The summed E-state index contributed by atoms with van der Waals surface area (Å²) < 4.78 is 14.7. The second kappa shape index (κ2) is 5.32. The third-order valence-corrected chi connectivity index (χ3v) is 2.88. The molecule has 0 aliphatic rings. The minimum Gasteiger partial charge on any atom is -0.465 e. The zero-order valence-corrected chi connectivity index (χ0v) is 9.85. The molecule has 0 bridgehead atoms. The first kappa shape index (κ1) is 13.0. The second-order valence-electron chi connectivity index (χ2n) is 2.76. The van der Waals surface area contributed by atoms with Crippen molar-refractivity contribution < 1.29 is 18.7 Å². The first-order valence-electron chi connectivity index (χ1n) is 4.22. The van der Waals surface area contributed by atoms with Crippen LogP contribution >= 0.6 is 23.4 Å². The fourth-order valence-corrected chi connectivity index (χ4v) is 1.85. The molecule has 1 aromatic rings. The summed E-state index contributed by atoms with van der Waals surface area (Å²) in [6.07, 6.45) is 0. The van der Waals surface area contributed by atoms with Crippen LogP contribution in [0.3, 0.4) is 0 Å². The van der Waals surface area contributed by atoms with Gasteiger partial charge in [-0.1, -0.05) is 41.9 Å². The molecule has 0 amide bonds. The lowest BCUT2D eigenvalue weighted by molar-refractivity contribution is -0.144. The van der Waals surface area contributed by atoms with Crippen LogP contribution < -0.4 is 0 Å². The first-order valence-corrected chi connectivity index (χ1v) is 5.41. The molecule has 1 aromatic carbocycles. The van der Waals surface area contributed by atoms with E-state index in [4.69, 9.17) is 11.6 Å². The van der Waals surface area contributed by atoms with Gasteiger partial charge in [0, 0.05) is 5.56 Å². The van der Waals surface area contributed by atoms with Crippen LogP contribution in [-0.2, 0) is 9.53 Å². The lowest BCUT2D eigenvalue weighted by Crippen LogP contribution is -2.26. The van der Waals surface area contributed by atoms with Gasteiger partial charge in [-0.05, 0) is 11.8 Å². The van der Waals surface area contributed by atoms with Crippen molar-refractivity contribution in [3.63, 3.8) is 0 Å². The Morgan fingerprint density at radius 2 is 1.94 bits per heavy atom. The number of ether oxygens (including phenoxy) is 1. The van der Waals surface area contributed by atoms with Crippen molar-refractivity contribution in [3.8, 4) is 0 Å². The van der Waals surface area contributed by atoms with E-state index in [2.05, 4.69) is 4.74 Å². The number of esters is 1. The van der Waals surface area contributed by atoms with Gasteiger partial charge in [-0.3, -0.25) is 4.79 Å². The molecule has 0 heterocycles. The van der Waals surface area contributed by atoms with E-state index in [1.807, 2.05) is 0 Å². The number of methoxy groups -OCH3 is 1. The summed E-state index contributed by atoms with van der Waals surface area (Å²) in [5, 5.41) is -0.636. The van der Waals surface area contributed by atoms with E-state index in [1.165, 1.54) is 12.1 Å². The highest BCUT2D eigenvalue weighted by Gasteiger charge is 2.41. The number of thioether (sulfide) groups is 1. The van der Waals surface area contributed by atoms with Gasteiger partial charge in [0.05, 0.1) is 7.11 Å². The van der Waals surface area contributed by atoms with Crippen molar-refractivity contribution in [1.29, 1.82) is 0 Å². The van der Waals surface area contributed by atoms with E-state index >= 15 is 0 Å². The molecule has 0 aromatic heterocycles. The quantitative estimate of drug-likeness (QED) is 0.620. The molecule has 86 valence electrons. The summed E-state index contributed by atoms with van der Waals surface area (Å²) in [6, 6.07) is 7.96. The van der Waals surface area contributed by atoms with Gasteiger partial charge in [-0.2, -0.15) is 0 Å². The zero-order chi connectivity index (χ0) is 12.2. The molecule has 0 aliphatic heterocycles. The summed E-state index contributed by atoms with van der Waals surface area (Å²) in [6.45, 7) is 0. The Hall–Kier alpha value is -1.07. The topological polar surface area (TPSA) is 43.4 Å². The molecular weight excluding hydrogens is 255 g/mol. The van der Waals surface area contributed by atoms with E-state index in [9.17, 15) is 14.0 Å². The molecule has 16 heavy (non-hydrogen) atoms. The fraction of sp³-hybridized carbons (Fsp3) is 0.200. The SMILES string of the molecule is COC(=O)C(F)(Cl)SC(=O)c1ccccc1. The van der Waals surface area contributed by atoms with Crippen molar-refractivity contribution in [2.45, 2.75) is 4.46 Å². The van der Waals surface area contributed by atoms with Crippen LogP contribution in [0.15, 0.2) is 30.3 Å². The summed E-state index contributed by atoms with van der Waals surface area (Å²) in [5.41, 5.74) is 0.263. The maximum atomic E-state index is 13.5. The maximum absolute atomic E-state index is 13.5. The Kier molecular flexibility index (Phi) is 4.32. The van der Waals surface area contributed by atoms with Crippen molar-refractivity contribution in [2.75, 3.05) is 7.11 Å². The lowest BCUT2D eigenvalue weighted by atomic mass is 10.2. The fourth-order valence-electron chi connectivity index (χ4n) is 0.910. The van der Waals surface area contributed by atoms with E-state index in [0.717, 1.165) is 7.11 Å². The molecule has 0 spiro atoms. The molecule has 0 N–H and O–H groups in total. The molecule has 1 unspecified atom stereocenters. The third kappa shape index (κ3) is 3.21. The van der Waals surface area contributed by atoms with Gasteiger partial charge in [0.15, 0.2) is 0 Å². The standard InChI is InChI=1S/C10H8ClFO3S/c1-15-9(14)10(11,12)16-8(13)7-5-3-2-4-6-7/h2-6H,1H3. The summed E-state index contributed by atoms with van der Waals surface area (Å²) in [5.74, 6) is -1.30. The number of benzene rings is 1. The molecular formula is C10H8ClFO3S. The van der Waals surface area contributed by atoms with E-state index in [-0.39, 0.29) is 17.3 Å². The Balaban J connectivity index is 2.76. The molecule has 1 atom stereocenters. The van der Waals surface area contributed by atoms with Crippen LogP contribution in [0, 0.1) is 0 Å². The van der Waals surface area contributed by atoms with Gasteiger partial charge in [0.2, 0.25) is 5.12 Å². The van der Waals surface area contributed by atoms with Gasteiger partial charge >= 0.3 is 10.4 Å². The molecule has 3 nitrogen and oxygen atoms in total. The predicted octanol–water partition coefficient (Wildman–Crippen LogP) is 2.60. The van der Waals surface area contributed by atoms with Gasteiger partial charge < -0.3 is 4.74 Å². The Bertz CT molecular complexity index is 394. The third-order valence-electron chi connectivity index (χ3n) is 1.65. The van der Waals surface area contributed by atoms with Crippen molar-refractivity contribution >= 4 is 34.4 Å². The zero-order valence-electron chi connectivity index (χ0n) is 8.28. The van der Waals surface area contributed by atoms with Crippen LogP contribution in [0.1, 0.15) is 10.4 Å². The Morgan fingerprint density at radius 1 is 1.38 bits per heavy atom. The molecule has 0 saturated heterocycles. The van der Waals surface area contributed by atoms with Gasteiger partial charge in [-0.25, -0.2) is 9.18 Å². The highest BCUT2D eigenvalue weighted by atomic mass is 35.5. The number of hydrogen-bond donors (Lipinski definition) is 0. The van der Waals surface area contributed by atoms with E-state index in [1.54, 1.807) is 18.2 Å². The number of hydrogen-bond acceptors (Lipinski definition) is 4. The van der Waals surface area contributed by atoms with Crippen LogP contribution in [0.5, 0.6) is 0 Å². The Morgan fingerprint density at radius 3 is 2.44 bits per heavy atom. The highest BCUT2D eigenvalue weighted by Crippen LogP contribution is 2.35. The molecule has 6 heteroatoms. The predicted molar refractivity (Wildman–Crippen MR) is 60.1 cm³/mol. The van der Waals surface area contributed by atoms with Crippen LogP contribution in [0.25, 0.3) is 0 Å². The van der Waals surface area contributed by atoms with Gasteiger partial charge in [-0.15, -0.1) is 0 Å². The minimum atomic E-state index is -2.89. The second-order valence-corrected chi connectivity index (χ2v) is 4.65. The van der Waals surface area contributed by atoms with Crippen LogP contribution in [-0.4, -0.2) is 22.7 Å². The summed E-state index contributed by atoms with van der Waals surface area (Å²) in [7, 11) is 0.993. The lowest BCUT2D eigenvalue weighted by Gasteiger charge is -2.12. The smallest absolute Gasteiger partial charge is 0.371 e. The average Bonchev–Trinajstić information content (AvgIpc) is 2.28. The van der Waals surface area contributed by atoms with E-state index < -0.39 is 15.5 Å². The minimum absolute atomic E-state index is 0.0730. The Labute approximate surface area is 101 Å². The maximum Gasteiger partial charge on any atom is 0.371 e. The van der Waals surface area contributed by atoms with Crippen molar-refractivity contribution in [1.82, 2.24) is 0 Å². The summed E-state index contributed by atoms with van der Waals surface area (Å²) in [4.78, 5) is 22.4. The van der Waals surface area contributed by atoms with E-state index in [0.29, 0.717) is 0 Å². The molecule has 1 rings (SSSR count). The van der Waals surface area contributed by atoms with Crippen molar-refractivity contribution in [2.24, 2.45) is 0 Å². The molecule has 0 fully saturated rings. The summed E-state index contributed by atoms with van der Waals surface area (Å²) >= 11 is 5.31. The van der Waals surface area contributed by atoms with Crippen LogP contribution in [0.4, 0.5) is 4.39 Å². The number of carbonyl (C=O) groups excluding carboxylic acids is 2. The molecule has 0 saturated carbocycles. The van der Waals surface area contributed by atoms with Gasteiger partial charge in [0.1, 0.15) is 0 Å².